The van der Waals surface area contributed by atoms with E-state index in [1.165, 1.54) is 25.3 Å². The van der Waals surface area contributed by atoms with Crippen molar-refractivity contribution in [2.45, 2.75) is 27.1 Å². The van der Waals surface area contributed by atoms with Crippen molar-refractivity contribution in [1.82, 2.24) is 0 Å². The molecule has 0 radical (unpaired) electrons. The smallest absolute Gasteiger partial charge is 0.493 e. The number of nitrogens with two attached hydrogens (primary N) is 1. The summed E-state index contributed by atoms with van der Waals surface area (Å²) in [5, 5.41) is 0. The molecule has 8 heteroatoms. The minimum Gasteiger partial charge on any atom is -0.493 e. The maximum absolute atomic E-state index is 12.2. The number of halogens is 3. The summed E-state index contributed by atoms with van der Waals surface area (Å²) in [6.45, 7) is 5.78. The molecule has 1 aromatic carbocycles. The zero-order valence-electron chi connectivity index (χ0n) is 13.4. The van der Waals surface area contributed by atoms with Crippen LogP contribution in [0.4, 0.5) is 13.2 Å². The van der Waals surface area contributed by atoms with E-state index in [0.717, 1.165) is 6.07 Å². The lowest BCUT2D eigenvalue weighted by Crippen LogP contribution is -2.17. The van der Waals surface area contributed by atoms with Crippen LogP contribution in [0.15, 0.2) is 23.9 Å². The third kappa shape index (κ3) is 7.44. The van der Waals surface area contributed by atoms with Gasteiger partial charge in [0.05, 0.1) is 13.7 Å². The van der Waals surface area contributed by atoms with Gasteiger partial charge in [0, 0.05) is 0 Å². The van der Waals surface area contributed by atoms with Crippen LogP contribution in [0.5, 0.6) is 11.5 Å². The fourth-order valence-electron chi connectivity index (χ4n) is 1.44. The van der Waals surface area contributed by atoms with E-state index < -0.39 is 18.1 Å². The van der Waals surface area contributed by atoms with E-state index in [4.69, 9.17) is 10.5 Å². The van der Waals surface area contributed by atoms with Gasteiger partial charge in [-0.15, -0.1) is 13.2 Å². The predicted octanol–water partition coefficient (Wildman–Crippen LogP) is 3.48. The Labute approximate surface area is 132 Å². The largest absolute Gasteiger partial charge is 0.573 e. The van der Waals surface area contributed by atoms with E-state index in [9.17, 15) is 18.0 Å². The van der Waals surface area contributed by atoms with E-state index in [1.54, 1.807) is 6.92 Å². The van der Waals surface area contributed by atoms with Crippen molar-refractivity contribution in [3.63, 3.8) is 0 Å². The third-order valence-electron chi connectivity index (χ3n) is 2.25. The molecule has 130 valence electrons. The summed E-state index contributed by atoms with van der Waals surface area (Å²) >= 11 is 0. The zero-order valence-corrected chi connectivity index (χ0v) is 13.4. The summed E-state index contributed by atoms with van der Waals surface area (Å²) in [6, 6.07) is 3.62. The molecule has 0 atom stereocenters. The molecule has 0 saturated heterocycles. The Bertz CT molecular complexity index is 542. The van der Waals surface area contributed by atoms with Gasteiger partial charge in [-0.05, 0) is 30.7 Å². The molecule has 2 N–H and O–H groups in total. The van der Waals surface area contributed by atoms with Gasteiger partial charge in [-0.1, -0.05) is 19.9 Å². The van der Waals surface area contributed by atoms with E-state index in [-0.39, 0.29) is 18.1 Å². The summed E-state index contributed by atoms with van der Waals surface area (Å²) in [7, 11) is 1.20. The first-order valence-corrected chi connectivity index (χ1v) is 6.85. The van der Waals surface area contributed by atoms with Gasteiger partial charge < -0.3 is 19.9 Å². The average Bonchev–Trinajstić information content (AvgIpc) is 2.49. The summed E-state index contributed by atoms with van der Waals surface area (Å²) in [5.41, 5.74) is 5.69. The number of rotatable bonds is 5. The van der Waals surface area contributed by atoms with Crippen LogP contribution in [0.3, 0.4) is 0 Å². The van der Waals surface area contributed by atoms with E-state index >= 15 is 0 Å². The van der Waals surface area contributed by atoms with Crippen LogP contribution in [0, 0.1) is 0 Å². The van der Waals surface area contributed by atoms with Gasteiger partial charge in [-0.3, -0.25) is 0 Å². The Morgan fingerprint density at radius 2 is 1.87 bits per heavy atom. The van der Waals surface area contributed by atoms with Crippen molar-refractivity contribution in [2.75, 3.05) is 13.7 Å². The second-order valence-corrected chi connectivity index (χ2v) is 3.78. The molecule has 0 aromatic heterocycles. The lowest BCUT2D eigenvalue weighted by Gasteiger charge is -2.13. The van der Waals surface area contributed by atoms with Crippen LogP contribution < -0.4 is 15.2 Å². The molecule has 5 nitrogen and oxygen atoms in total. The Morgan fingerprint density at radius 3 is 2.35 bits per heavy atom. The molecule has 1 rings (SSSR count). The van der Waals surface area contributed by atoms with Gasteiger partial charge >= 0.3 is 12.3 Å². The topological polar surface area (TPSA) is 70.8 Å². The molecule has 0 bridgehead atoms. The average molecular weight is 335 g/mol. The quantitative estimate of drug-likeness (QED) is 0.659. The minimum atomic E-state index is -4.82. The highest BCUT2D eigenvalue weighted by atomic mass is 19.4. The number of carbonyl (C=O) groups excluding carboxylic acids is 1. The molecule has 0 fully saturated rings. The molecule has 1 aromatic rings. The molecule has 0 spiro atoms. The van der Waals surface area contributed by atoms with Crippen LogP contribution in [0.1, 0.15) is 26.3 Å². The fraction of sp³-hybridized carbons (Fsp3) is 0.400. The summed E-state index contributed by atoms with van der Waals surface area (Å²) < 4.78 is 49.9. The summed E-state index contributed by atoms with van der Waals surface area (Å²) in [6.07, 6.45) is -3.56. The van der Waals surface area contributed by atoms with Crippen molar-refractivity contribution in [2.24, 2.45) is 5.73 Å². The van der Waals surface area contributed by atoms with Crippen LogP contribution >= 0.6 is 0 Å². The van der Waals surface area contributed by atoms with Crippen molar-refractivity contribution >= 4 is 12.0 Å². The van der Waals surface area contributed by atoms with Gasteiger partial charge in [0.25, 0.3) is 0 Å². The van der Waals surface area contributed by atoms with E-state index in [1.807, 2.05) is 13.8 Å². The molecule has 0 unspecified atom stereocenters. The zero-order chi connectivity index (χ0) is 18.0. The lowest BCUT2D eigenvalue weighted by atomic mass is 10.1. The van der Waals surface area contributed by atoms with Gasteiger partial charge in [-0.2, -0.15) is 0 Å². The fourth-order valence-corrected chi connectivity index (χ4v) is 1.44. The maximum atomic E-state index is 12.2. The third-order valence-corrected chi connectivity index (χ3v) is 2.25. The standard InChI is InChI=1S/C13H14F3NO4.C2H6/c1-3-20-12(18)9(17)6-8-4-5-10(11(7-8)19-2)21-13(14,15)16;1-2/h4-7H,3,17H2,1-2H3;1-2H3/b9-6-;. The number of hydrogen-bond acceptors (Lipinski definition) is 5. The second-order valence-electron chi connectivity index (χ2n) is 3.78. The van der Waals surface area contributed by atoms with E-state index in [2.05, 4.69) is 9.47 Å². The molecule has 23 heavy (non-hydrogen) atoms. The van der Waals surface area contributed by atoms with Crippen LogP contribution in [-0.2, 0) is 9.53 Å². The monoisotopic (exact) mass is 335 g/mol. The van der Waals surface area contributed by atoms with Crippen molar-refractivity contribution < 1.29 is 32.2 Å². The highest BCUT2D eigenvalue weighted by Gasteiger charge is 2.32. The Kier molecular flexibility index (Phi) is 8.61. The molecular formula is C15H20F3NO4. The number of methoxy groups -OCH3 is 1. The maximum Gasteiger partial charge on any atom is 0.573 e. The van der Waals surface area contributed by atoms with Gasteiger partial charge in [-0.25, -0.2) is 4.79 Å². The Balaban J connectivity index is 0.00000232. The Morgan fingerprint density at radius 1 is 1.26 bits per heavy atom. The first-order chi connectivity index (χ1) is 10.8. The molecule has 0 saturated carbocycles. The highest BCUT2D eigenvalue weighted by molar-refractivity contribution is 5.92. The van der Waals surface area contributed by atoms with Gasteiger partial charge in [0.2, 0.25) is 0 Å². The first kappa shape index (κ1) is 20.6. The number of carbonyl (C=O) groups is 1. The lowest BCUT2D eigenvalue weighted by molar-refractivity contribution is -0.275. The number of ether oxygens (including phenoxy) is 3. The highest BCUT2D eigenvalue weighted by Crippen LogP contribution is 2.33. The van der Waals surface area contributed by atoms with Crippen LogP contribution in [-0.4, -0.2) is 26.0 Å². The minimum absolute atomic E-state index is 0.141. The number of alkyl halides is 3. The molecule has 0 heterocycles. The molecule has 0 aliphatic rings. The van der Waals surface area contributed by atoms with Gasteiger partial charge in [0.15, 0.2) is 11.5 Å². The molecule has 0 aliphatic carbocycles. The molecular weight excluding hydrogens is 315 g/mol. The Hall–Kier alpha value is -2.38. The summed E-state index contributed by atoms with van der Waals surface area (Å²) in [4.78, 5) is 11.3. The van der Waals surface area contributed by atoms with Crippen molar-refractivity contribution in [3.05, 3.63) is 29.5 Å². The van der Waals surface area contributed by atoms with Crippen LogP contribution in [0.25, 0.3) is 6.08 Å². The number of esters is 1. The normalized spacial score (nSPS) is 11.2. The number of hydrogen-bond donors (Lipinski definition) is 1. The van der Waals surface area contributed by atoms with Crippen LogP contribution in [0.2, 0.25) is 0 Å². The molecule has 0 amide bonds. The van der Waals surface area contributed by atoms with E-state index in [0.29, 0.717) is 5.56 Å². The van der Waals surface area contributed by atoms with Gasteiger partial charge in [0.1, 0.15) is 5.70 Å². The van der Waals surface area contributed by atoms with Crippen molar-refractivity contribution in [3.8, 4) is 11.5 Å². The molecule has 0 aliphatic heterocycles. The number of benzene rings is 1. The second kappa shape index (κ2) is 9.60. The summed E-state index contributed by atoms with van der Waals surface area (Å²) in [5.74, 6) is -1.35. The SMILES string of the molecule is CC.CCOC(=O)/C(N)=C/c1ccc(OC(F)(F)F)c(OC)c1. The first-order valence-electron chi connectivity index (χ1n) is 6.85. The predicted molar refractivity (Wildman–Crippen MR) is 79.8 cm³/mol. The van der Waals surface area contributed by atoms with Crippen molar-refractivity contribution in [1.29, 1.82) is 0 Å².